The Hall–Kier alpha value is -0.580. The summed E-state index contributed by atoms with van der Waals surface area (Å²) in [6.07, 6.45) is 4.86. The largest absolute Gasteiger partial charge is 0.506 e. The van der Waals surface area contributed by atoms with Crippen LogP contribution in [0.25, 0.3) is 0 Å². The highest BCUT2D eigenvalue weighted by Gasteiger charge is 2.18. The molecular weight excluding hydrogens is 318 g/mol. The van der Waals surface area contributed by atoms with Crippen molar-refractivity contribution in [3.05, 3.63) is 27.2 Å². The van der Waals surface area contributed by atoms with Crippen LogP contribution in [0.1, 0.15) is 31.2 Å². The molecule has 1 aromatic carbocycles. The first-order valence-electron chi connectivity index (χ1n) is 5.95. The van der Waals surface area contributed by atoms with Gasteiger partial charge in [-0.2, -0.15) is 0 Å². The van der Waals surface area contributed by atoms with E-state index in [1.165, 1.54) is 0 Å². The predicted molar refractivity (Wildman–Crippen MR) is 76.7 cm³/mol. The number of aliphatic imine (C=N–C) groups is 1. The highest BCUT2D eigenvalue weighted by atomic mass is 79.9. The number of phenols is 1. The lowest BCUT2D eigenvalue weighted by Gasteiger charge is -2.22. The Kier molecular flexibility index (Phi) is 4.65. The molecular formula is C13H15BrClNO2. The first kappa shape index (κ1) is 13.8. The average molecular weight is 333 g/mol. The van der Waals surface area contributed by atoms with E-state index in [9.17, 15) is 10.2 Å². The molecule has 1 aromatic rings. The number of benzene rings is 1. The molecule has 98 valence electrons. The van der Waals surface area contributed by atoms with Crippen LogP contribution in [0.4, 0.5) is 0 Å². The molecule has 0 radical (unpaired) electrons. The second kappa shape index (κ2) is 6.04. The summed E-state index contributed by atoms with van der Waals surface area (Å²) >= 11 is 9.17. The molecule has 0 heterocycles. The molecule has 1 aliphatic rings. The summed E-state index contributed by atoms with van der Waals surface area (Å²) in [5.74, 6) is 0.152. The van der Waals surface area contributed by atoms with Gasteiger partial charge in [0.05, 0.1) is 16.6 Å². The van der Waals surface area contributed by atoms with Crippen molar-refractivity contribution in [2.75, 3.05) is 0 Å². The monoisotopic (exact) mass is 331 g/mol. The molecule has 0 aromatic heterocycles. The van der Waals surface area contributed by atoms with Gasteiger partial charge in [-0.25, -0.2) is 0 Å². The molecule has 18 heavy (non-hydrogen) atoms. The number of halogens is 2. The number of hydrogen-bond acceptors (Lipinski definition) is 3. The highest BCUT2D eigenvalue weighted by molar-refractivity contribution is 9.10. The Labute approximate surface area is 120 Å². The van der Waals surface area contributed by atoms with Gasteiger partial charge >= 0.3 is 0 Å². The molecule has 5 heteroatoms. The van der Waals surface area contributed by atoms with Crippen molar-refractivity contribution in [1.29, 1.82) is 0 Å². The number of hydrogen-bond donors (Lipinski definition) is 2. The normalized spacial score (nSPS) is 24.6. The molecule has 1 aliphatic carbocycles. The van der Waals surface area contributed by atoms with Crippen LogP contribution in [0.2, 0.25) is 5.02 Å². The van der Waals surface area contributed by atoms with Crippen molar-refractivity contribution in [1.82, 2.24) is 0 Å². The zero-order valence-corrected chi connectivity index (χ0v) is 12.2. The van der Waals surface area contributed by atoms with Crippen LogP contribution in [0.15, 0.2) is 21.6 Å². The molecule has 0 bridgehead atoms. The summed E-state index contributed by atoms with van der Waals surface area (Å²) in [5.41, 5.74) is 0.612. The van der Waals surface area contributed by atoms with Gasteiger partial charge in [0.1, 0.15) is 5.75 Å². The maximum atomic E-state index is 9.86. The Morgan fingerprint density at radius 2 is 1.94 bits per heavy atom. The van der Waals surface area contributed by atoms with Crippen LogP contribution >= 0.6 is 27.5 Å². The average Bonchev–Trinajstić information content (AvgIpc) is 2.34. The summed E-state index contributed by atoms with van der Waals surface area (Å²) < 4.78 is 0.565. The van der Waals surface area contributed by atoms with Gasteiger partial charge < -0.3 is 10.2 Å². The Morgan fingerprint density at radius 1 is 1.28 bits per heavy atom. The highest BCUT2D eigenvalue weighted by Crippen LogP contribution is 2.30. The van der Waals surface area contributed by atoms with Crippen molar-refractivity contribution in [2.45, 2.75) is 37.8 Å². The standard InChI is InChI=1S/C13H15BrClNO2/c14-12-6-9(15)5-8(13(12)18)7-16-10-1-3-11(17)4-2-10/h5-7,10-11,17-18H,1-4H2. The summed E-state index contributed by atoms with van der Waals surface area (Å²) in [6, 6.07) is 3.55. The van der Waals surface area contributed by atoms with Crippen molar-refractivity contribution in [3.63, 3.8) is 0 Å². The van der Waals surface area contributed by atoms with Crippen LogP contribution in [0, 0.1) is 0 Å². The van der Waals surface area contributed by atoms with Crippen LogP contribution in [0.3, 0.4) is 0 Å². The van der Waals surface area contributed by atoms with E-state index in [1.54, 1.807) is 18.3 Å². The zero-order chi connectivity index (χ0) is 13.1. The molecule has 0 amide bonds. The molecule has 0 atom stereocenters. The second-order valence-corrected chi connectivity index (χ2v) is 5.86. The van der Waals surface area contributed by atoms with Crippen LogP contribution < -0.4 is 0 Å². The van der Waals surface area contributed by atoms with Crippen LogP contribution in [0.5, 0.6) is 5.75 Å². The van der Waals surface area contributed by atoms with Gasteiger partial charge in [0.25, 0.3) is 0 Å². The molecule has 1 saturated carbocycles. The smallest absolute Gasteiger partial charge is 0.138 e. The first-order valence-corrected chi connectivity index (χ1v) is 7.12. The molecule has 0 unspecified atom stereocenters. The van der Waals surface area contributed by atoms with Crippen molar-refractivity contribution in [3.8, 4) is 5.75 Å². The summed E-state index contributed by atoms with van der Waals surface area (Å²) in [5, 5.41) is 19.8. The molecule has 1 fully saturated rings. The number of aliphatic hydroxyl groups excluding tert-OH is 1. The minimum absolute atomic E-state index is 0.152. The van der Waals surface area contributed by atoms with Crippen LogP contribution in [-0.4, -0.2) is 28.6 Å². The fraction of sp³-hybridized carbons (Fsp3) is 0.462. The van der Waals surface area contributed by atoms with E-state index in [4.69, 9.17) is 11.6 Å². The minimum atomic E-state index is -0.176. The SMILES string of the molecule is Oc1c(Br)cc(Cl)cc1C=NC1CCC(O)CC1. The second-order valence-electron chi connectivity index (χ2n) is 4.57. The van der Waals surface area contributed by atoms with Gasteiger partial charge in [0, 0.05) is 16.8 Å². The molecule has 2 rings (SSSR count). The number of aromatic hydroxyl groups is 1. The summed E-state index contributed by atoms with van der Waals surface area (Å²) in [6.45, 7) is 0. The van der Waals surface area contributed by atoms with E-state index in [0.717, 1.165) is 25.7 Å². The fourth-order valence-corrected chi connectivity index (χ4v) is 2.91. The van der Waals surface area contributed by atoms with Crippen molar-refractivity contribution in [2.24, 2.45) is 4.99 Å². The summed E-state index contributed by atoms with van der Waals surface area (Å²) in [4.78, 5) is 4.46. The lowest BCUT2D eigenvalue weighted by atomic mass is 9.93. The first-order chi connectivity index (χ1) is 8.56. The predicted octanol–water partition coefficient (Wildman–Crippen LogP) is 3.53. The lowest BCUT2D eigenvalue weighted by Crippen LogP contribution is -2.20. The third-order valence-electron chi connectivity index (χ3n) is 3.15. The van der Waals surface area contributed by atoms with Gasteiger partial charge in [0.2, 0.25) is 0 Å². The number of nitrogens with zero attached hydrogens (tertiary/aromatic N) is 1. The maximum Gasteiger partial charge on any atom is 0.138 e. The van der Waals surface area contributed by atoms with Gasteiger partial charge in [-0.3, -0.25) is 4.99 Å². The molecule has 0 saturated heterocycles. The minimum Gasteiger partial charge on any atom is -0.506 e. The zero-order valence-electron chi connectivity index (χ0n) is 9.81. The van der Waals surface area contributed by atoms with E-state index in [-0.39, 0.29) is 17.9 Å². The number of aliphatic hydroxyl groups is 1. The van der Waals surface area contributed by atoms with Gasteiger partial charge in [-0.15, -0.1) is 0 Å². The quantitative estimate of drug-likeness (QED) is 0.814. The van der Waals surface area contributed by atoms with Gasteiger partial charge in [-0.05, 0) is 53.7 Å². The van der Waals surface area contributed by atoms with Crippen molar-refractivity contribution >= 4 is 33.7 Å². The van der Waals surface area contributed by atoms with E-state index in [1.807, 2.05) is 0 Å². The topological polar surface area (TPSA) is 52.8 Å². The Morgan fingerprint density at radius 3 is 2.61 bits per heavy atom. The Balaban J connectivity index is 2.09. The van der Waals surface area contributed by atoms with E-state index >= 15 is 0 Å². The number of rotatable bonds is 2. The third-order valence-corrected chi connectivity index (χ3v) is 3.97. The fourth-order valence-electron chi connectivity index (χ4n) is 2.08. The van der Waals surface area contributed by atoms with E-state index in [2.05, 4.69) is 20.9 Å². The molecule has 0 aliphatic heterocycles. The number of phenolic OH excluding ortho intramolecular Hbond substituents is 1. The van der Waals surface area contributed by atoms with E-state index < -0.39 is 0 Å². The van der Waals surface area contributed by atoms with E-state index in [0.29, 0.717) is 15.1 Å². The third kappa shape index (κ3) is 3.46. The maximum absolute atomic E-state index is 9.86. The molecule has 2 N–H and O–H groups in total. The van der Waals surface area contributed by atoms with Crippen molar-refractivity contribution < 1.29 is 10.2 Å². The summed E-state index contributed by atoms with van der Waals surface area (Å²) in [7, 11) is 0. The van der Waals surface area contributed by atoms with Crippen LogP contribution in [-0.2, 0) is 0 Å². The van der Waals surface area contributed by atoms with Gasteiger partial charge in [-0.1, -0.05) is 11.6 Å². The van der Waals surface area contributed by atoms with Gasteiger partial charge in [0.15, 0.2) is 0 Å². The molecule has 0 spiro atoms. The Bertz CT molecular complexity index is 457. The lowest BCUT2D eigenvalue weighted by molar-refractivity contribution is 0.123. The molecule has 3 nitrogen and oxygen atoms in total.